The Morgan fingerprint density at radius 1 is 0.929 bits per heavy atom. The predicted octanol–water partition coefficient (Wildman–Crippen LogP) is 4.24. The van der Waals surface area contributed by atoms with Gasteiger partial charge in [-0.05, 0) is 24.6 Å². The molecule has 0 atom stereocenters. The van der Waals surface area contributed by atoms with Gasteiger partial charge in [-0.1, -0.05) is 36.4 Å². The smallest absolute Gasteiger partial charge is 0.416 e. The highest BCUT2D eigenvalue weighted by atomic mass is 19.4. The van der Waals surface area contributed by atoms with Crippen LogP contribution >= 0.6 is 0 Å². The predicted molar refractivity (Wildman–Crippen MR) is 95.7 cm³/mol. The molecule has 0 aromatic heterocycles. The van der Waals surface area contributed by atoms with Crippen molar-refractivity contribution in [3.63, 3.8) is 0 Å². The van der Waals surface area contributed by atoms with Crippen LogP contribution in [0.4, 0.5) is 18.9 Å². The van der Waals surface area contributed by atoms with Crippen molar-refractivity contribution in [2.24, 2.45) is 0 Å². The highest BCUT2D eigenvalue weighted by molar-refractivity contribution is 5.97. The van der Waals surface area contributed by atoms with E-state index < -0.39 is 23.6 Å². The van der Waals surface area contributed by atoms with Crippen LogP contribution in [0, 0.1) is 0 Å². The number of alkyl halides is 3. The number of Topliss-reactive ketones (excluding diaryl/α,β-unsaturated/α-hetero) is 1. The number of carbonyl (C=O) groups is 3. The van der Waals surface area contributed by atoms with Crippen molar-refractivity contribution in [3.8, 4) is 0 Å². The van der Waals surface area contributed by atoms with Gasteiger partial charge in [0.15, 0.2) is 12.4 Å². The summed E-state index contributed by atoms with van der Waals surface area (Å²) in [5, 5.41) is 2.35. The monoisotopic (exact) mass is 393 g/mol. The maximum absolute atomic E-state index is 12.6. The van der Waals surface area contributed by atoms with Gasteiger partial charge in [0.25, 0.3) is 0 Å². The van der Waals surface area contributed by atoms with Crippen molar-refractivity contribution in [1.82, 2.24) is 0 Å². The van der Waals surface area contributed by atoms with Crippen LogP contribution in [0.5, 0.6) is 0 Å². The molecule has 0 fully saturated rings. The molecule has 2 aromatic rings. The zero-order chi connectivity index (χ0) is 20.6. The molecule has 0 heterocycles. The Hall–Kier alpha value is -3.16. The number of esters is 1. The van der Waals surface area contributed by atoms with E-state index >= 15 is 0 Å². The van der Waals surface area contributed by atoms with E-state index in [0.717, 1.165) is 12.1 Å². The van der Waals surface area contributed by atoms with E-state index in [2.05, 4.69) is 5.32 Å². The number of hydrogen-bond acceptors (Lipinski definition) is 4. The Balaban J connectivity index is 1.70. The maximum Gasteiger partial charge on any atom is 0.416 e. The Kier molecular flexibility index (Phi) is 7.31. The minimum atomic E-state index is -4.50. The number of halogens is 3. The van der Waals surface area contributed by atoms with Gasteiger partial charge >= 0.3 is 12.1 Å². The van der Waals surface area contributed by atoms with Gasteiger partial charge in [0.2, 0.25) is 5.91 Å². The summed E-state index contributed by atoms with van der Waals surface area (Å²) in [6.07, 6.45) is -4.51. The van der Waals surface area contributed by atoms with Crippen molar-refractivity contribution in [2.45, 2.75) is 25.4 Å². The highest BCUT2D eigenvalue weighted by Gasteiger charge is 2.30. The number of amides is 1. The fraction of sp³-hybridized carbons (Fsp3) is 0.250. The molecule has 0 radical (unpaired) electrons. The van der Waals surface area contributed by atoms with Crippen LogP contribution in [0.15, 0.2) is 54.6 Å². The summed E-state index contributed by atoms with van der Waals surface area (Å²) < 4.78 is 42.8. The van der Waals surface area contributed by atoms with Gasteiger partial charge < -0.3 is 10.1 Å². The van der Waals surface area contributed by atoms with Gasteiger partial charge in [-0.25, -0.2) is 0 Å². The standard InChI is InChI=1S/C20H18F3NO4/c21-20(22,23)15-8-4-9-16(12-15)24-18(26)10-5-11-19(27)28-13-17(25)14-6-2-1-3-7-14/h1-4,6-9,12H,5,10-11,13H2,(H,24,26). The molecule has 2 aromatic carbocycles. The van der Waals surface area contributed by atoms with Crippen molar-refractivity contribution < 1.29 is 32.3 Å². The lowest BCUT2D eigenvalue weighted by atomic mass is 10.1. The molecular formula is C20H18F3NO4. The molecule has 2 rings (SSSR count). The van der Waals surface area contributed by atoms with E-state index in [9.17, 15) is 27.6 Å². The van der Waals surface area contributed by atoms with Gasteiger partial charge in [-0.2, -0.15) is 13.2 Å². The Bertz CT molecular complexity index is 835. The number of carbonyl (C=O) groups excluding carboxylic acids is 3. The van der Waals surface area contributed by atoms with Gasteiger partial charge in [-0.15, -0.1) is 0 Å². The molecule has 28 heavy (non-hydrogen) atoms. The van der Waals surface area contributed by atoms with Gasteiger partial charge in [0.1, 0.15) is 0 Å². The Morgan fingerprint density at radius 2 is 1.64 bits per heavy atom. The molecular weight excluding hydrogens is 375 g/mol. The Morgan fingerprint density at radius 3 is 2.32 bits per heavy atom. The third-order valence-electron chi connectivity index (χ3n) is 3.72. The molecule has 1 amide bonds. The second kappa shape index (κ2) is 9.68. The summed E-state index contributed by atoms with van der Waals surface area (Å²) in [5.74, 6) is -1.49. The van der Waals surface area contributed by atoms with Gasteiger partial charge in [-0.3, -0.25) is 14.4 Å². The molecule has 1 N–H and O–H groups in total. The number of ketones is 1. The lowest BCUT2D eigenvalue weighted by Crippen LogP contribution is -2.16. The van der Waals surface area contributed by atoms with Crippen molar-refractivity contribution in [3.05, 3.63) is 65.7 Å². The molecule has 148 valence electrons. The first-order valence-electron chi connectivity index (χ1n) is 8.46. The normalized spacial score (nSPS) is 11.0. The summed E-state index contributed by atoms with van der Waals surface area (Å²) in [6.45, 7) is -0.390. The average molecular weight is 393 g/mol. The zero-order valence-electron chi connectivity index (χ0n) is 14.8. The van der Waals surface area contributed by atoms with Crippen molar-refractivity contribution in [2.75, 3.05) is 11.9 Å². The van der Waals surface area contributed by atoms with E-state index in [1.54, 1.807) is 30.3 Å². The average Bonchev–Trinajstić information content (AvgIpc) is 2.66. The number of benzene rings is 2. The van der Waals surface area contributed by atoms with Gasteiger partial charge in [0, 0.05) is 24.1 Å². The van der Waals surface area contributed by atoms with Crippen LogP contribution in [0.3, 0.4) is 0 Å². The lowest BCUT2D eigenvalue weighted by molar-refractivity contribution is -0.142. The van der Waals surface area contributed by atoms with Crippen LogP contribution in [0.25, 0.3) is 0 Å². The van der Waals surface area contributed by atoms with Crippen LogP contribution in [-0.2, 0) is 20.5 Å². The van der Waals surface area contributed by atoms with E-state index in [-0.39, 0.29) is 37.3 Å². The molecule has 8 heteroatoms. The van der Waals surface area contributed by atoms with E-state index in [4.69, 9.17) is 4.74 Å². The largest absolute Gasteiger partial charge is 0.457 e. The van der Waals surface area contributed by atoms with E-state index in [1.807, 2.05) is 0 Å². The molecule has 0 bridgehead atoms. The number of nitrogens with one attached hydrogen (secondary N) is 1. The molecule has 0 saturated heterocycles. The molecule has 0 unspecified atom stereocenters. The van der Waals surface area contributed by atoms with Gasteiger partial charge in [0.05, 0.1) is 5.56 Å². The molecule has 0 spiro atoms. The second-order valence-electron chi connectivity index (χ2n) is 5.93. The number of hydrogen-bond donors (Lipinski definition) is 1. The van der Waals surface area contributed by atoms with Crippen LogP contribution < -0.4 is 5.32 Å². The van der Waals surface area contributed by atoms with Crippen LogP contribution in [0.1, 0.15) is 35.2 Å². The van der Waals surface area contributed by atoms with E-state index in [0.29, 0.717) is 5.56 Å². The Labute approximate surface area is 159 Å². The summed E-state index contributed by atoms with van der Waals surface area (Å²) >= 11 is 0. The number of rotatable bonds is 8. The molecule has 0 aliphatic rings. The first kappa shape index (κ1) is 21.1. The number of anilines is 1. The highest BCUT2D eigenvalue weighted by Crippen LogP contribution is 2.30. The van der Waals surface area contributed by atoms with Crippen LogP contribution in [-0.4, -0.2) is 24.3 Å². The zero-order valence-corrected chi connectivity index (χ0v) is 14.8. The number of ether oxygens (including phenoxy) is 1. The topological polar surface area (TPSA) is 72.5 Å². The molecule has 0 aliphatic carbocycles. The fourth-order valence-electron chi connectivity index (χ4n) is 2.32. The third-order valence-corrected chi connectivity index (χ3v) is 3.72. The van der Waals surface area contributed by atoms with Crippen LogP contribution in [0.2, 0.25) is 0 Å². The molecule has 0 saturated carbocycles. The fourth-order valence-corrected chi connectivity index (χ4v) is 2.32. The second-order valence-corrected chi connectivity index (χ2v) is 5.93. The van der Waals surface area contributed by atoms with E-state index in [1.165, 1.54) is 12.1 Å². The maximum atomic E-state index is 12.6. The molecule has 5 nitrogen and oxygen atoms in total. The van der Waals surface area contributed by atoms with Crippen molar-refractivity contribution >= 4 is 23.3 Å². The molecule has 0 aliphatic heterocycles. The minimum absolute atomic E-state index is 0.0239. The summed E-state index contributed by atoms with van der Waals surface area (Å²) in [6, 6.07) is 12.6. The minimum Gasteiger partial charge on any atom is -0.457 e. The first-order chi connectivity index (χ1) is 13.3. The summed E-state index contributed by atoms with van der Waals surface area (Å²) in [7, 11) is 0. The first-order valence-corrected chi connectivity index (χ1v) is 8.46. The quantitative estimate of drug-likeness (QED) is 0.538. The third kappa shape index (κ3) is 6.86. The summed E-state index contributed by atoms with van der Waals surface area (Å²) in [4.78, 5) is 35.3. The SMILES string of the molecule is O=C(CCCC(=O)OCC(=O)c1ccccc1)Nc1cccc(C(F)(F)F)c1. The summed E-state index contributed by atoms with van der Waals surface area (Å²) in [5.41, 5.74) is -0.413. The van der Waals surface area contributed by atoms with Crippen molar-refractivity contribution in [1.29, 1.82) is 0 Å². The lowest BCUT2D eigenvalue weighted by Gasteiger charge is -2.10.